The molecule has 2 aromatic rings. The monoisotopic (exact) mass is 299 g/mol. The molecule has 1 amide bonds. The molecule has 0 radical (unpaired) electrons. The number of carbonyl (C=O) groups excluding carboxylic acids is 1. The van der Waals surface area contributed by atoms with E-state index in [1.54, 1.807) is 31.4 Å². The lowest BCUT2D eigenvalue weighted by atomic mass is 10.0. The van der Waals surface area contributed by atoms with E-state index in [0.29, 0.717) is 6.42 Å². The number of carbonyl (C=O) groups is 1. The fourth-order valence-corrected chi connectivity index (χ4v) is 2.84. The Bertz CT molecular complexity index is 637. The number of anilines is 1. The molecule has 3 rings (SSSR count). The number of nitrogens with zero attached hydrogens (tertiary/aromatic N) is 5. The molecule has 0 spiro atoms. The molecular formula is C16H21N5O. The molecule has 6 nitrogen and oxygen atoms in total. The molecule has 0 fully saturated rings. The first-order valence-electron chi connectivity index (χ1n) is 7.49. The SMILES string of the molecule is CN(C)C(=O)CC1CN(c2ncccn2)Cc2cccn2C1. The van der Waals surface area contributed by atoms with Crippen LogP contribution in [-0.2, 0) is 17.9 Å². The normalized spacial score (nSPS) is 17.7. The van der Waals surface area contributed by atoms with Crippen molar-refractivity contribution in [3.63, 3.8) is 0 Å². The van der Waals surface area contributed by atoms with Crippen molar-refractivity contribution in [2.45, 2.75) is 19.5 Å². The standard InChI is InChI=1S/C16H21N5O/c1-19(2)15(22)9-13-10-20-8-3-5-14(20)12-21(11-13)16-17-6-4-7-18-16/h3-8,13H,9-12H2,1-2H3. The van der Waals surface area contributed by atoms with Crippen molar-refractivity contribution in [3.05, 3.63) is 42.5 Å². The first kappa shape index (κ1) is 14.6. The van der Waals surface area contributed by atoms with Crippen LogP contribution in [0.25, 0.3) is 0 Å². The van der Waals surface area contributed by atoms with E-state index in [-0.39, 0.29) is 11.8 Å². The molecule has 0 aromatic carbocycles. The number of fused-ring (bicyclic) bond motifs is 1. The van der Waals surface area contributed by atoms with E-state index in [0.717, 1.165) is 25.6 Å². The third-order valence-corrected chi connectivity index (χ3v) is 4.01. The molecule has 0 aliphatic carbocycles. The van der Waals surface area contributed by atoms with Gasteiger partial charge in [0.2, 0.25) is 11.9 Å². The molecule has 1 atom stereocenters. The van der Waals surface area contributed by atoms with E-state index in [1.165, 1.54) is 5.69 Å². The Labute approximate surface area is 130 Å². The molecule has 1 aliphatic heterocycles. The fraction of sp³-hybridized carbons (Fsp3) is 0.438. The zero-order valence-electron chi connectivity index (χ0n) is 13.0. The molecule has 0 saturated heterocycles. The average Bonchev–Trinajstić information content (AvgIpc) is 2.87. The van der Waals surface area contributed by atoms with Crippen molar-refractivity contribution in [1.82, 2.24) is 19.4 Å². The van der Waals surface area contributed by atoms with Gasteiger partial charge in [-0.05, 0) is 18.2 Å². The molecule has 3 heterocycles. The molecule has 6 heteroatoms. The maximum Gasteiger partial charge on any atom is 0.225 e. The molecule has 0 N–H and O–H groups in total. The highest BCUT2D eigenvalue weighted by molar-refractivity contribution is 5.75. The van der Waals surface area contributed by atoms with Crippen LogP contribution in [0, 0.1) is 5.92 Å². The Morgan fingerprint density at radius 2 is 2.05 bits per heavy atom. The van der Waals surface area contributed by atoms with Gasteiger partial charge in [0.15, 0.2) is 0 Å². The van der Waals surface area contributed by atoms with E-state index in [9.17, 15) is 4.79 Å². The summed E-state index contributed by atoms with van der Waals surface area (Å²) in [5, 5.41) is 0. The van der Waals surface area contributed by atoms with Crippen LogP contribution in [0.5, 0.6) is 0 Å². The highest BCUT2D eigenvalue weighted by Gasteiger charge is 2.25. The van der Waals surface area contributed by atoms with E-state index >= 15 is 0 Å². The summed E-state index contributed by atoms with van der Waals surface area (Å²) in [6.45, 7) is 2.40. The van der Waals surface area contributed by atoms with E-state index in [4.69, 9.17) is 0 Å². The predicted molar refractivity (Wildman–Crippen MR) is 84.3 cm³/mol. The summed E-state index contributed by atoms with van der Waals surface area (Å²) in [5.74, 6) is 1.13. The molecule has 22 heavy (non-hydrogen) atoms. The molecule has 1 unspecified atom stereocenters. The van der Waals surface area contributed by atoms with E-state index < -0.39 is 0 Å². The Kier molecular flexibility index (Phi) is 4.09. The van der Waals surface area contributed by atoms with Crippen LogP contribution in [0.15, 0.2) is 36.8 Å². The Morgan fingerprint density at radius 1 is 1.27 bits per heavy atom. The van der Waals surface area contributed by atoms with Crippen LogP contribution in [0.4, 0.5) is 5.95 Å². The van der Waals surface area contributed by atoms with Gasteiger partial charge in [0.1, 0.15) is 0 Å². The van der Waals surface area contributed by atoms with Crippen LogP contribution < -0.4 is 4.90 Å². The van der Waals surface area contributed by atoms with Crippen molar-refractivity contribution in [1.29, 1.82) is 0 Å². The van der Waals surface area contributed by atoms with Gasteiger partial charge in [-0.2, -0.15) is 0 Å². The minimum absolute atomic E-state index is 0.162. The second-order valence-electron chi connectivity index (χ2n) is 5.94. The first-order valence-corrected chi connectivity index (χ1v) is 7.49. The minimum atomic E-state index is 0.162. The largest absolute Gasteiger partial charge is 0.349 e. The zero-order valence-corrected chi connectivity index (χ0v) is 13.0. The lowest BCUT2D eigenvalue weighted by Gasteiger charge is -2.24. The quantitative estimate of drug-likeness (QED) is 0.859. The van der Waals surface area contributed by atoms with Gasteiger partial charge in [-0.15, -0.1) is 0 Å². The molecule has 0 saturated carbocycles. The third-order valence-electron chi connectivity index (χ3n) is 4.01. The van der Waals surface area contributed by atoms with Crippen molar-refractivity contribution < 1.29 is 4.79 Å². The third kappa shape index (κ3) is 3.10. The smallest absolute Gasteiger partial charge is 0.225 e. The number of rotatable bonds is 3. The van der Waals surface area contributed by atoms with Gasteiger partial charge in [-0.25, -0.2) is 9.97 Å². The van der Waals surface area contributed by atoms with Gasteiger partial charge < -0.3 is 14.4 Å². The van der Waals surface area contributed by atoms with Gasteiger partial charge in [-0.1, -0.05) is 0 Å². The Hall–Kier alpha value is -2.37. The van der Waals surface area contributed by atoms with Gasteiger partial charge in [0.05, 0.1) is 6.54 Å². The maximum atomic E-state index is 12.1. The molecular weight excluding hydrogens is 278 g/mol. The summed E-state index contributed by atoms with van der Waals surface area (Å²) in [4.78, 5) is 24.6. The lowest BCUT2D eigenvalue weighted by molar-refractivity contribution is -0.129. The summed E-state index contributed by atoms with van der Waals surface area (Å²) >= 11 is 0. The van der Waals surface area contributed by atoms with Crippen LogP contribution in [0.2, 0.25) is 0 Å². The number of amides is 1. The van der Waals surface area contributed by atoms with Gasteiger partial charge in [-0.3, -0.25) is 4.79 Å². The second kappa shape index (κ2) is 6.17. The highest BCUT2D eigenvalue weighted by Crippen LogP contribution is 2.22. The highest BCUT2D eigenvalue weighted by atomic mass is 16.2. The Balaban J connectivity index is 1.85. The van der Waals surface area contributed by atoms with Crippen LogP contribution in [-0.4, -0.2) is 46.0 Å². The molecule has 2 aromatic heterocycles. The summed E-state index contributed by atoms with van der Waals surface area (Å²) in [6.07, 6.45) is 6.13. The van der Waals surface area contributed by atoms with Gasteiger partial charge >= 0.3 is 0 Å². The van der Waals surface area contributed by atoms with Crippen molar-refractivity contribution in [2.75, 3.05) is 25.5 Å². The van der Waals surface area contributed by atoms with Crippen molar-refractivity contribution in [2.24, 2.45) is 5.92 Å². The van der Waals surface area contributed by atoms with Crippen molar-refractivity contribution in [3.8, 4) is 0 Å². The van der Waals surface area contributed by atoms with Gasteiger partial charge in [0.25, 0.3) is 0 Å². The van der Waals surface area contributed by atoms with E-state index in [2.05, 4.69) is 37.8 Å². The van der Waals surface area contributed by atoms with E-state index in [1.807, 2.05) is 6.07 Å². The summed E-state index contributed by atoms with van der Waals surface area (Å²) in [7, 11) is 3.61. The van der Waals surface area contributed by atoms with Crippen LogP contribution >= 0.6 is 0 Å². The molecule has 1 aliphatic rings. The number of hydrogen-bond donors (Lipinski definition) is 0. The topological polar surface area (TPSA) is 54.3 Å². The van der Waals surface area contributed by atoms with Crippen molar-refractivity contribution >= 4 is 11.9 Å². The summed E-state index contributed by atoms with van der Waals surface area (Å²) < 4.78 is 2.23. The maximum absolute atomic E-state index is 12.1. The zero-order chi connectivity index (χ0) is 15.5. The number of hydrogen-bond acceptors (Lipinski definition) is 4. The number of aromatic nitrogens is 3. The predicted octanol–water partition coefficient (Wildman–Crippen LogP) is 1.39. The Morgan fingerprint density at radius 3 is 2.77 bits per heavy atom. The minimum Gasteiger partial charge on any atom is -0.349 e. The van der Waals surface area contributed by atoms with Crippen LogP contribution in [0.3, 0.4) is 0 Å². The first-order chi connectivity index (χ1) is 10.6. The molecule has 0 bridgehead atoms. The average molecular weight is 299 g/mol. The summed E-state index contributed by atoms with van der Waals surface area (Å²) in [5.41, 5.74) is 1.23. The summed E-state index contributed by atoms with van der Waals surface area (Å²) in [6, 6.07) is 5.98. The fourth-order valence-electron chi connectivity index (χ4n) is 2.84. The second-order valence-corrected chi connectivity index (χ2v) is 5.94. The van der Waals surface area contributed by atoms with Gasteiger partial charge in [0, 0.05) is 63.8 Å². The lowest BCUT2D eigenvalue weighted by Crippen LogP contribution is -2.33. The molecule has 116 valence electrons. The van der Waals surface area contributed by atoms with Crippen LogP contribution in [0.1, 0.15) is 12.1 Å².